The molecule has 0 aromatic carbocycles. The van der Waals surface area contributed by atoms with Crippen LogP contribution in [0, 0.1) is 12.8 Å². The molecule has 0 saturated heterocycles. The molecular weight excluding hydrogens is 186 g/mol. The number of nitrogens with zero attached hydrogens (tertiary/aromatic N) is 2. The van der Waals surface area contributed by atoms with Crippen LogP contribution in [0.1, 0.15) is 43.4 Å². The van der Waals surface area contributed by atoms with E-state index >= 15 is 0 Å². The maximum atomic E-state index is 5.75. The third kappa shape index (κ3) is 1.81. The fraction of sp³-hybridized carbons (Fsp3) is 0.750. The van der Waals surface area contributed by atoms with E-state index in [-0.39, 0.29) is 0 Å². The highest BCUT2D eigenvalue weighted by Gasteiger charge is 2.23. The summed E-state index contributed by atoms with van der Waals surface area (Å²) >= 11 is 0. The second kappa shape index (κ2) is 3.97. The van der Waals surface area contributed by atoms with Crippen LogP contribution >= 0.6 is 0 Å². The molecule has 0 saturated carbocycles. The first kappa shape index (κ1) is 10.7. The maximum absolute atomic E-state index is 5.75. The van der Waals surface area contributed by atoms with E-state index in [1.165, 1.54) is 23.6 Å². The van der Waals surface area contributed by atoms with E-state index in [1.54, 1.807) is 0 Å². The Morgan fingerprint density at radius 3 is 2.87 bits per heavy atom. The van der Waals surface area contributed by atoms with E-state index < -0.39 is 0 Å². The first-order valence-electron chi connectivity index (χ1n) is 5.89. The van der Waals surface area contributed by atoms with Crippen LogP contribution in [0.2, 0.25) is 0 Å². The third-order valence-corrected chi connectivity index (χ3v) is 3.39. The van der Waals surface area contributed by atoms with E-state index in [9.17, 15) is 0 Å². The molecular formula is C12H21N3. The Hall–Kier alpha value is -0.830. The van der Waals surface area contributed by atoms with Crippen molar-refractivity contribution in [2.75, 3.05) is 6.54 Å². The molecule has 1 aromatic heterocycles. The minimum Gasteiger partial charge on any atom is -0.332 e. The van der Waals surface area contributed by atoms with Crippen LogP contribution in [0.3, 0.4) is 0 Å². The van der Waals surface area contributed by atoms with Crippen molar-refractivity contribution in [3.8, 4) is 0 Å². The lowest BCUT2D eigenvalue weighted by Gasteiger charge is -2.24. The Balaban J connectivity index is 2.35. The van der Waals surface area contributed by atoms with Crippen LogP contribution in [-0.4, -0.2) is 16.1 Å². The minimum atomic E-state index is 0.520. The molecule has 15 heavy (non-hydrogen) atoms. The summed E-state index contributed by atoms with van der Waals surface area (Å²) in [5.41, 5.74) is 8.37. The first-order valence-corrected chi connectivity index (χ1v) is 5.89. The number of aryl methyl sites for hydroxylation is 1. The van der Waals surface area contributed by atoms with Crippen molar-refractivity contribution in [2.24, 2.45) is 11.7 Å². The van der Waals surface area contributed by atoms with Crippen molar-refractivity contribution < 1.29 is 0 Å². The summed E-state index contributed by atoms with van der Waals surface area (Å²) < 4.78 is 2.41. The Bertz CT molecular complexity index is 352. The smallest absolute Gasteiger partial charge is 0.111 e. The van der Waals surface area contributed by atoms with Gasteiger partial charge < -0.3 is 10.3 Å². The summed E-state index contributed by atoms with van der Waals surface area (Å²) in [6, 6.07) is 0. The van der Waals surface area contributed by atoms with E-state index in [4.69, 9.17) is 5.73 Å². The average molecular weight is 207 g/mol. The molecule has 0 fully saturated rings. The molecule has 0 amide bonds. The Kier molecular flexibility index (Phi) is 2.83. The normalized spacial score (nSPS) is 20.7. The Labute approximate surface area is 91.7 Å². The van der Waals surface area contributed by atoms with Gasteiger partial charge in [-0.3, -0.25) is 0 Å². The topological polar surface area (TPSA) is 43.8 Å². The highest BCUT2D eigenvalue weighted by Crippen LogP contribution is 2.27. The van der Waals surface area contributed by atoms with Crippen molar-refractivity contribution >= 4 is 0 Å². The van der Waals surface area contributed by atoms with Gasteiger partial charge in [0.05, 0.1) is 5.69 Å². The van der Waals surface area contributed by atoms with Crippen LogP contribution in [0.4, 0.5) is 0 Å². The predicted molar refractivity (Wildman–Crippen MR) is 61.9 cm³/mol. The quantitative estimate of drug-likeness (QED) is 0.804. The van der Waals surface area contributed by atoms with Gasteiger partial charge in [0.15, 0.2) is 0 Å². The Morgan fingerprint density at radius 1 is 1.53 bits per heavy atom. The standard InChI is InChI=1S/C12H21N3/c1-8(2)12-14-9(3)11-6-10(7-13)4-5-15(11)12/h8,10H,4-7,13H2,1-3H3. The average Bonchev–Trinajstić information content (AvgIpc) is 2.56. The van der Waals surface area contributed by atoms with Gasteiger partial charge in [-0.1, -0.05) is 13.8 Å². The molecule has 1 unspecified atom stereocenters. The van der Waals surface area contributed by atoms with Gasteiger partial charge in [-0.25, -0.2) is 4.98 Å². The third-order valence-electron chi connectivity index (χ3n) is 3.39. The molecule has 1 aromatic rings. The van der Waals surface area contributed by atoms with Crippen LogP contribution in [0.25, 0.3) is 0 Å². The molecule has 0 bridgehead atoms. The van der Waals surface area contributed by atoms with Gasteiger partial charge in [-0.05, 0) is 32.2 Å². The van der Waals surface area contributed by atoms with Crippen molar-refractivity contribution in [1.29, 1.82) is 0 Å². The first-order chi connectivity index (χ1) is 7.13. The van der Waals surface area contributed by atoms with Crippen molar-refractivity contribution in [2.45, 2.75) is 46.1 Å². The summed E-state index contributed by atoms with van der Waals surface area (Å²) in [5.74, 6) is 2.43. The highest BCUT2D eigenvalue weighted by atomic mass is 15.1. The van der Waals surface area contributed by atoms with Crippen molar-refractivity contribution in [3.63, 3.8) is 0 Å². The monoisotopic (exact) mass is 207 g/mol. The van der Waals surface area contributed by atoms with Crippen LogP contribution in [-0.2, 0) is 13.0 Å². The van der Waals surface area contributed by atoms with Crippen LogP contribution in [0.5, 0.6) is 0 Å². The van der Waals surface area contributed by atoms with Crippen molar-refractivity contribution in [3.05, 3.63) is 17.2 Å². The lowest BCUT2D eigenvalue weighted by Crippen LogP contribution is -2.26. The molecule has 0 aliphatic carbocycles. The molecule has 3 heteroatoms. The molecule has 2 rings (SSSR count). The summed E-state index contributed by atoms with van der Waals surface area (Å²) in [7, 11) is 0. The number of nitrogens with two attached hydrogens (primary N) is 1. The number of hydrogen-bond acceptors (Lipinski definition) is 2. The zero-order valence-corrected chi connectivity index (χ0v) is 9.95. The Morgan fingerprint density at radius 2 is 2.27 bits per heavy atom. The van der Waals surface area contributed by atoms with Crippen molar-refractivity contribution in [1.82, 2.24) is 9.55 Å². The number of hydrogen-bond donors (Lipinski definition) is 1. The molecule has 1 aliphatic rings. The fourth-order valence-electron chi connectivity index (χ4n) is 2.47. The number of imidazole rings is 1. The van der Waals surface area contributed by atoms with E-state index in [0.717, 1.165) is 19.5 Å². The second-order valence-corrected chi connectivity index (χ2v) is 4.90. The van der Waals surface area contributed by atoms with Gasteiger partial charge in [-0.15, -0.1) is 0 Å². The van der Waals surface area contributed by atoms with Gasteiger partial charge in [0.25, 0.3) is 0 Å². The molecule has 2 heterocycles. The summed E-state index contributed by atoms with van der Waals surface area (Å²) in [6.07, 6.45) is 2.32. The van der Waals surface area contributed by atoms with Gasteiger partial charge in [0.1, 0.15) is 5.82 Å². The molecule has 0 spiro atoms. The lowest BCUT2D eigenvalue weighted by atomic mass is 9.95. The van der Waals surface area contributed by atoms with Crippen LogP contribution in [0.15, 0.2) is 0 Å². The molecule has 84 valence electrons. The molecule has 1 atom stereocenters. The largest absolute Gasteiger partial charge is 0.332 e. The summed E-state index contributed by atoms with van der Waals surface area (Å²) in [4.78, 5) is 4.68. The summed E-state index contributed by atoms with van der Waals surface area (Å²) in [6.45, 7) is 8.46. The molecule has 2 N–H and O–H groups in total. The maximum Gasteiger partial charge on any atom is 0.111 e. The SMILES string of the molecule is Cc1nc(C(C)C)n2c1CC(CN)CC2. The lowest BCUT2D eigenvalue weighted by molar-refractivity contribution is 0.386. The van der Waals surface area contributed by atoms with E-state index in [0.29, 0.717) is 11.8 Å². The zero-order valence-electron chi connectivity index (χ0n) is 9.95. The van der Waals surface area contributed by atoms with Gasteiger partial charge in [0.2, 0.25) is 0 Å². The fourth-order valence-corrected chi connectivity index (χ4v) is 2.47. The van der Waals surface area contributed by atoms with E-state index in [1.807, 2.05) is 0 Å². The highest BCUT2D eigenvalue weighted by molar-refractivity contribution is 5.20. The second-order valence-electron chi connectivity index (χ2n) is 4.90. The van der Waals surface area contributed by atoms with E-state index in [2.05, 4.69) is 30.3 Å². The van der Waals surface area contributed by atoms with Gasteiger partial charge >= 0.3 is 0 Å². The molecule has 3 nitrogen and oxygen atoms in total. The molecule has 0 radical (unpaired) electrons. The summed E-state index contributed by atoms with van der Waals surface area (Å²) in [5, 5.41) is 0. The van der Waals surface area contributed by atoms with Crippen LogP contribution < -0.4 is 5.73 Å². The number of rotatable bonds is 2. The van der Waals surface area contributed by atoms with Gasteiger partial charge in [0, 0.05) is 18.2 Å². The predicted octanol–water partition coefficient (Wildman–Crippen LogP) is 1.84. The number of fused-ring (bicyclic) bond motifs is 1. The minimum absolute atomic E-state index is 0.520. The zero-order chi connectivity index (χ0) is 11.0. The number of aromatic nitrogens is 2. The van der Waals surface area contributed by atoms with Gasteiger partial charge in [-0.2, -0.15) is 0 Å². The molecule has 1 aliphatic heterocycles.